The summed E-state index contributed by atoms with van der Waals surface area (Å²) in [7, 11) is 0. The number of hydrogen-bond acceptors (Lipinski definition) is 1. The molecule has 1 N–H and O–H groups in total. The van der Waals surface area contributed by atoms with Gasteiger partial charge >= 0.3 is 0 Å². The van der Waals surface area contributed by atoms with Crippen molar-refractivity contribution in [2.45, 2.75) is 18.3 Å². The van der Waals surface area contributed by atoms with E-state index in [9.17, 15) is 4.79 Å². The van der Waals surface area contributed by atoms with E-state index in [0.29, 0.717) is 5.02 Å². The fourth-order valence-electron chi connectivity index (χ4n) is 3.08. The van der Waals surface area contributed by atoms with E-state index < -0.39 is 5.41 Å². The number of carbonyl (C=O) groups is 1. The van der Waals surface area contributed by atoms with Crippen LogP contribution in [0.4, 0.5) is 5.69 Å². The lowest BCUT2D eigenvalue weighted by Crippen LogP contribution is -2.27. The average Bonchev–Trinajstić information content (AvgIpc) is 3.37. The molecule has 4 rings (SSSR count). The highest BCUT2D eigenvalue weighted by atomic mass is 35.5. The second-order valence-corrected chi connectivity index (χ2v) is 6.54. The molecule has 0 aliphatic heterocycles. The maximum absolute atomic E-state index is 12.8. The van der Waals surface area contributed by atoms with E-state index in [4.69, 9.17) is 11.6 Å². The van der Waals surface area contributed by atoms with Crippen LogP contribution >= 0.6 is 11.6 Å². The number of benzene rings is 3. The van der Waals surface area contributed by atoms with Gasteiger partial charge in [0.05, 0.1) is 5.41 Å². The van der Waals surface area contributed by atoms with Crippen molar-refractivity contribution in [1.82, 2.24) is 0 Å². The molecule has 0 spiro atoms. The molecule has 3 heteroatoms. The zero-order chi connectivity index (χ0) is 15.9. The van der Waals surface area contributed by atoms with Crippen LogP contribution in [0.2, 0.25) is 5.02 Å². The van der Waals surface area contributed by atoms with E-state index in [-0.39, 0.29) is 5.91 Å². The Morgan fingerprint density at radius 3 is 2.43 bits per heavy atom. The summed E-state index contributed by atoms with van der Waals surface area (Å²) >= 11 is 6.08. The van der Waals surface area contributed by atoms with Crippen LogP contribution in [-0.4, -0.2) is 5.91 Å². The van der Waals surface area contributed by atoms with Crippen molar-refractivity contribution in [1.29, 1.82) is 0 Å². The number of carbonyl (C=O) groups excluding carboxylic acids is 1. The molecule has 0 unspecified atom stereocenters. The summed E-state index contributed by atoms with van der Waals surface area (Å²) in [6.07, 6.45) is 1.74. The molecule has 0 saturated heterocycles. The van der Waals surface area contributed by atoms with Crippen LogP contribution in [-0.2, 0) is 10.2 Å². The van der Waals surface area contributed by atoms with Gasteiger partial charge in [-0.15, -0.1) is 0 Å². The average molecular weight is 322 g/mol. The summed E-state index contributed by atoms with van der Waals surface area (Å²) in [6.45, 7) is 0. The Balaban J connectivity index is 1.61. The summed E-state index contributed by atoms with van der Waals surface area (Å²) < 4.78 is 0. The molecule has 1 aliphatic rings. The van der Waals surface area contributed by atoms with Gasteiger partial charge in [0, 0.05) is 10.7 Å². The minimum Gasteiger partial charge on any atom is -0.325 e. The third-order valence-corrected chi connectivity index (χ3v) is 4.80. The maximum Gasteiger partial charge on any atom is 0.235 e. The second kappa shape index (κ2) is 5.39. The Kier molecular flexibility index (Phi) is 3.35. The minimum absolute atomic E-state index is 0.0510. The Bertz CT molecular complexity index is 899. The Hall–Kier alpha value is -2.32. The number of anilines is 1. The van der Waals surface area contributed by atoms with E-state index in [1.807, 2.05) is 54.6 Å². The first-order valence-corrected chi connectivity index (χ1v) is 8.11. The van der Waals surface area contributed by atoms with Crippen molar-refractivity contribution < 1.29 is 4.79 Å². The van der Waals surface area contributed by atoms with Crippen molar-refractivity contribution in [2.24, 2.45) is 0 Å². The highest BCUT2D eigenvalue weighted by Gasteiger charge is 2.51. The van der Waals surface area contributed by atoms with Crippen LogP contribution in [0.3, 0.4) is 0 Å². The normalized spacial score (nSPS) is 15.3. The molecule has 0 heterocycles. The summed E-state index contributed by atoms with van der Waals surface area (Å²) in [6, 6.07) is 21.8. The van der Waals surface area contributed by atoms with E-state index in [1.54, 1.807) is 0 Å². The van der Waals surface area contributed by atoms with Crippen LogP contribution in [0.15, 0.2) is 66.7 Å². The maximum atomic E-state index is 12.8. The first-order valence-electron chi connectivity index (χ1n) is 7.74. The lowest BCUT2D eigenvalue weighted by molar-refractivity contribution is -0.118. The second-order valence-electron chi connectivity index (χ2n) is 6.11. The molecule has 0 radical (unpaired) electrons. The number of rotatable bonds is 3. The number of amides is 1. The third-order valence-electron chi connectivity index (χ3n) is 4.57. The van der Waals surface area contributed by atoms with Gasteiger partial charge in [-0.1, -0.05) is 54.1 Å². The molecule has 0 bridgehead atoms. The van der Waals surface area contributed by atoms with Gasteiger partial charge in [0.15, 0.2) is 0 Å². The number of fused-ring (bicyclic) bond motifs is 1. The van der Waals surface area contributed by atoms with Crippen molar-refractivity contribution in [3.63, 3.8) is 0 Å². The van der Waals surface area contributed by atoms with E-state index in [0.717, 1.165) is 29.5 Å². The summed E-state index contributed by atoms with van der Waals surface area (Å²) in [5.41, 5.74) is 1.42. The first kappa shape index (κ1) is 14.3. The van der Waals surface area contributed by atoms with Gasteiger partial charge in [-0.05, 0) is 53.4 Å². The summed E-state index contributed by atoms with van der Waals surface area (Å²) in [5, 5.41) is 6.04. The van der Waals surface area contributed by atoms with Crippen molar-refractivity contribution in [3.8, 4) is 0 Å². The van der Waals surface area contributed by atoms with Crippen molar-refractivity contribution in [3.05, 3.63) is 77.3 Å². The van der Waals surface area contributed by atoms with Gasteiger partial charge in [-0.2, -0.15) is 0 Å². The molecular formula is C20H16ClNO. The molecule has 1 saturated carbocycles. The molecule has 2 nitrogen and oxygen atoms in total. The first-order chi connectivity index (χ1) is 11.2. The SMILES string of the molecule is O=C(Nc1ccc2ccccc2c1)C1(c2cccc(Cl)c2)CC1. The topological polar surface area (TPSA) is 29.1 Å². The standard InChI is InChI=1S/C20H16ClNO/c21-17-7-3-6-16(13-17)20(10-11-20)19(23)22-18-9-8-14-4-1-2-5-15(14)12-18/h1-9,12-13H,10-11H2,(H,22,23). The van der Waals surface area contributed by atoms with Crippen LogP contribution in [0, 0.1) is 0 Å². The zero-order valence-electron chi connectivity index (χ0n) is 12.6. The van der Waals surface area contributed by atoms with E-state index in [1.165, 1.54) is 5.39 Å². The number of nitrogens with one attached hydrogen (secondary N) is 1. The fourth-order valence-corrected chi connectivity index (χ4v) is 3.27. The van der Waals surface area contributed by atoms with Gasteiger partial charge in [-0.25, -0.2) is 0 Å². The van der Waals surface area contributed by atoms with Crippen LogP contribution in [0.5, 0.6) is 0 Å². The zero-order valence-corrected chi connectivity index (χ0v) is 13.3. The molecule has 3 aromatic rings. The van der Waals surface area contributed by atoms with Gasteiger partial charge in [0.2, 0.25) is 5.91 Å². The predicted octanol–water partition coefficient (Wildman–Crippen LogP) is 5.16. The molecule has 1 aliphatic carbocycles. The van der Waals surface area contributed by atoms with Crippen molar-refractivity contribution in [2.75, 3.05) is 5.32 Å². The highest BCUT2D eigenvalue weighted by molar-refractivity contribution is 6.30. The van der Waals surface area contributed by atoms with Crippen molar-refractivity contribution >= 4 is 34.0 Å². The Labute approximate surface area is 140 Å². The summed E-state index contributed by atoms with van der Waals surface area (Å²) in [5.74, 6) is 0.0510. The predicted molar refractivity (Wildman–Crippen MR) is 94.9 cm³/mol. The van der Waals surface area contributed by atoms with E-state index >= 15 is 0 Å². The smallest absolute Gasteiger partial charge is 0.235 e. The molecule has 23 heavy (non-hydrogen) atoms. The van der Waals surface area contributed by atoms with Crippen LogP contribution in [0.1, 0.15) is 18.4 Å². The van der Waals surface area contributed by atoms with Crippen LogP contribution in [0.25, 0.3) is 10.8 Å². The summed E-state index contributed by atoms with van der Waals surface area (Å²) in [4.78, 5) is 12.8. The molecule has 114 valence electrons. The number of halogens is 1. The molecule has 0 aromatic heterocycles. The van der Waals surface area contributed by atoms with Gasteiger partial charge < -0.3 is 5.32 Å². The fraction of sp³-hybridized carbons (Fsp3) is 0.150. The number of hydrogen-bond donors (Lipinski definition) is 1. The van der Waals surface area contributed by atoms with Gasteiger partial charge in [-0.3, -0.25) is 4.79 Å². The molecule has 0 atom stereocenters. The highest BCUT2D eigenvalue weighted by Crippen LogP contribution is 2.49. The molecular weight excluding hydrogens is 306 g/mol. The largest absolute Gasteiger partial charge is 0.325 e. The third kappa shape index (κ3) is 2.60. The molecule has 3 aromatic carbocycles. The Morgan fingerprint density at radius 2 is 1.70 bits per heavy atom. The monoisotopic (exact) mass is 321 g/mol. The lowest BCUT2D eigenvalue weighted by atomic mass is 9.95. The quantitative estimate of drug-likeness (QED) is 0.709. The molecule has 1 fully saturated rings. The van der Waals surface area contributed by atoms with Crippen LogP contribution < -0.4 is 5.32 Å². The van der Waals surface area contributed by atoms with Gasteiger partial charge in [0.25, 0.3) is 0 Å². The van der Waals surface area contributed by atoms with Gasteiger partial charge in [0.1, 0.15) is 0 Å². The Morgan fingerprint density at radius 1 is 0.913 bits per heavy atom. The lowest BCUT2D eigenvalue weighted by Gasteiger charge is -2.16. The van der Waals surface area contributed by atoms with E-state index in [2.05, 4.69) is 17.4 Å². The minimum atomic E-state index is -0.420. The molecule has 1 amide bonds.